The van der Waals surface area contributed by atoms with Gasteiger partial charge in [0.05, 0.1) is 29.8 Å². The molecule has 5 rings (SSSR count). The Morgan fingerprint density at radius 2 is 2.12 bits per heavy atom. The van der Waals surface area contributed by atoms with Crippen LogP contribution >= 0.6 is 0 Å². The van der Waals surface area contributed by atoms with Crippen LogP contribution in [0.2, 0.25) is 0 Å². The third-order valence-corrected chi connectivity index (χ3v) is 5.61. The zero-order valence-corrected chi connectivity index (χ0v) is 18.3. The molecule has 34 heavy (non-hydrogen) atoms. The van der Waals surface area contributed by atoms with Gasteiger partial charge in [0.1, 0.15) is 11.6 Å². The minimum Gasteiger partial charge on any atom is -0.365 e. The lowest BCUT2D eigenvalue weighted by Crippen LogP contribution is -2.23. The molecule has 9 nitrogen and oxygen atoms in total. The molecule has 1 saturated heterocycles. The smallest absolute Gasteiger partial charge is 0.229 e. The van der Waals surface area contributed by atoms with Gasteiger partial charge in [-0.15, -0.1) is 0 Å². The van der Waals surface area contributed by atoms with Crippen molar-refractivity contribution in [2.45, 2.75) is 18.9 Å². The Labute approximate surface area is 196 Å². The minimum atomic E-state index is -0.223. The number of nitrogens with zero attached hydrogens (tertiary/aromatic N) is 5. The first-order valence-electron chi connectivity index (χ1n) is 11.0. The number of pyridine rings is 2. The van der Waals surface area contributed by atoms with Crippen LogP contribution in [0.4, 0.5) is 11.6 Å². The molecule has 0 radical (unpaired) electrons. The van der Waals surface area contributed by atoms with Gasteiger partial charge in [0.25, 0.3) is 0 Å². The van der Waals surface area contributed by atoms with Crippen LogP contribution in [0.15, 0.2) is 61.1 Å². The van der Waals surface area contributed by atoms with E-state index in [-0.39, 0.29) is 12.3 Å². The summed E-state index contributed by atoms with van der Waals surface area (Å²) >= 11 is 0. The maximum atomic E-state index is 12.6. The van der Waals surface area contributed by atoms with Gasteiger partial charge < -0.3 is 16.0 Å². The summed E-state index contributed by atoms with van der Waals surface area (Å²) in [6.45, 7) is 1.86. The van der Waals surface area contributed by atoms with Gasteiger partial charge in [-0.2, -0.15) is 5.26 Å². The van der Waals surface area contributed by atoms with Crippen molar-refractivity contribution in [2.75, 3.05) is 23.7 Å². The average Bonchev–Trinajstić information content (AvgIpc) is 3.37. The first-order chi connectivity index (χ1) is 16.7. The van der Waals surface area contributed by atoms with Crippen molar-refractivity contribution in [2.24, 2.45) is 0 Å². The number of rotatable bonds is 6. The molecule has 0 spiro atoms. The van der Waals surface area contributed by atoms with E-state index < -0.39 is 0 Å². The fourth-order valence-corrected chi connectivity index (χ4v) is 3.95. The van der Waals surface area contributed by atoms with Crippen molar-refractivity contribution < 1.29 is 4.79 Å². The Bertz CT molecular complexity index is 1390. The van der Waals surface area contributed by atoms with Crippen molar-refractivity contribution in [3.05, 3.63) is 72.2 Å². The number of hydrogen-bond acceptors (Lipinski definition) is 8. The molecule has 1 amide bonds. The standard InChI is InChI=1S/C25H22N8O/c26-13-17-3-1-2-16(10-17)11-23(34)32-22-12-18(4-9-29-22)24-31-21-15-28-8-6-20(21)25(33-24)30-19-5-7-27-14-19/h1-4,6,8-10,12,15,19,27H,5,7,11,14H2,(H,29,32,34)(H,30,31,33). The summed E-state index contributed by atoms with van der Waals surface area (Å²) in [7, 11) is 0. The number of aromatic nitrogens is 4. The van der Waals surface area contributed by atoms with Crippen molar-refractivity contribution in [3.63, 3.8) is 0 Å². The number of amides is 1. The first kappa shape index (κ1) is 21.4. The summed E-state index contributed by atoms with van der Waals surface area (Å²) in [5.74, 6) is 1.47. The molecule has 1 atom stereocenters. The van der Waals surface area contributed by atoms with E-state index in [1.54, 1.807) is 42.9 Å². The lowest BCUT2D eigenvalue weighted by molar-refractivity contribution is -0.115. The van der Waals surface area contributed by atoms with E-state index >= 15 is 0 Å². The number of fused-ring (bicyclic) bond motifs is 1. The highest BCUT2D eigenvalue weighted by Crippen LogP contribution is 2.26. The predicted molar refractivity (Wildman–Crippen MR) is 129 cm³/mol. The highest BCUT2D eigenvalue weighted by Gasteiger charge is 2.18. The van der Waals surface area contributed by atoms with Crippen LogP contribution in [-0.4, -0.2) is 45.0 Å². The average molecular weight is 451 g/mol. The fourth-order valence-electron chi connectivity index (χ4n) is 3.95. The van der Waals surface area contributed by atoms with E-state index in [1.807, 2.05) is 18.2 Å². The molecular weight excluding hydrogens is 428 g/mol. The van der Waals surface area contributed by atoms with E-state index in [2.05, 4.69) is 37.0 Å². The van der Waals surface area contributed by atoms with Gasteiger partial charge in [-0.05, 0) is 48.9 Å². The molecule has 1 unspecified atom stereocenters. The summed E-state index contributed by atoms with van der Waals surface area (Å²) in [6, 6.07) is 14.8. The van der Waals surface area contributed by atoms with E-state index in [0.717, 1.165) is 47.4 Å². The van der Waals surface area contributed by atoms with Crippen molar-refractivity contribution in [3.8, 4) is 17.5 Å². The minimum absolute atomic E-state index is 0.142. The van der Waals surface area contributed by atoms with E-state index in [1.165, 1.54) is 0 Å². The molecule has 0 saturated carbocycles. The van der Waals surface area contributed by atoms with Crippen LogP contribution in [-0.2, 0) is 11.2 Å². The number of carbonyl (C=O) groups is 1. The molecule has 4 heterocycles. The van der Waals surface area contributed by atoms with Gasteiger partial charge in [-0.25, -0.2) is 15.0 Å². The van der Waals surface area contributed by atoms with E-state index in [4.69, 9.17) is 10.2 Å². The van der Waals surface area contributed by atoms with Gasteiger partial charge in [0.15, 0.2) is 5.82 Å². The Morgan fingerprint density at radius 3 is 2.97 bits per heavy atom. The van der Waals surface area contributed by atoms with Gasteiger partial charge in [0.2, 0.25) is 5.91 Å². The van der Waals surface area contributed by atoms with Crippen LogP contribution in [0.5, 0.6) is 0 Å². The molecular formula is C25H22N8O. The molecule has 0 bridgehead atoms. The van der Waals surface area contributed by atoms with Gasteiger partial charge in [0, 0.05) is 35.9 Å². The summed E-state index contributed by atoms with van der Waals surface area (Å²) in [4.78, 5) is 30.5. The number of hydrogen-bond donors (Lipinski definition) is 3. The lowest BCUT2D eigenvalue weighted by atomic mass is 10.1. The molecule has 0 aliphatic carbocycles. The van der Waals surface area contributed by atoms with Crippen LogP contribution in [0.25, 0.3) is 22.3 Å². The van der Waals surface area contributed by atoms with Gasteiger partial charge >= 0.3 is 0 Å². The monoisotopic (exact) mass is 450 g/mol. The zero-order chi connectivity index (χ0) is 23.3. The summed E-state index contributed by atoms with van der Waals surface area (Å²) in [5.41, 5.74) is 2.75. The third-order valence-electron chi connectivity index (χ3n) is 5.61. The first-order valence-corrected chi connectivity index (χ1v) is 11.0. The van der Waals surface area contributed by atoms with Gasteiger partial charge in [-0.3, -0.25) is 9.78 Å². The number of nitriles is 1. The Balaban J connectivity index is 1.39. The second-order valence-corrected chi connectivity index (χ2v) is 8.09. The topological polar surface area (TPSA) is 129 Å². The van der Waals surface area contributed by atoms with E-state index in [9.17, 15) is 4.79 Å². The predicted octanol–water partition coefficient (Wildman–Crippen LogP) is 2.91. The van der Waals surface area contributed by atoms with Crippen LogP contribution < -0.4 is 16.0 Å². The SMILES string of the molecule is N#Cc1cccc(CC(=O)Nc2cc(-c3nc(NC4CCNC4)c4ccncc4n3)ccn2)c1. The van der Waals surface area contributed by atoms with Crippen LogP contribution in [0.3, 0.4) is 0 Å². The Kier molecular flexibility index (Phi) is 6.05. The number of anilines is 2. The molecule has 1 aromatic carbocycles. The maximum Gasteiger partial charge on any atom is 0.229 e. The summed E-state index contributed by atoms with van der Waals surface area (Å²) in [6.07, 6.45) is 6.23. The summed E-state index contributed by atoms with van der Waals surface area (Å²) in [5, 5.41) is 19.7. The Morgan fingerprint density at radius 1 is 1.18 bits per heavy atom. The molecule has 1 aliphatic rings. The van der Waals surface area contributed by atoms with Crippen molar-refractivity contribution >= 4 is 28.4 Å². The Hall–Kier alpha value is -4.42. The lowest BCUT2D eigenvalue weighted by Gasteiger charge is -2.15. The molecule has 3 aromatic heterocycles. The molecule has 9 heteroatoms. The van der Waals surface area contributed by atoms with Crippen LogP contribution in [0.1, 0.15) is 17.5 Å². The second-order valence-electron chi connectivity index (χ2n) is 8.09. The molecule has 168 valence electrons. The fraction of sp³-hybridized carbons (Fsp3) is 0.200. The number of benzene rings is 1. The summed E-state index contributed by atoms with van der Waals surface area (Å²) < 4.78 is 0. The largest absolute Gasteiger partial charge is 0.365 e. The quantitative estimate of drug-likeness (QED) is 0.409. The van der Waals surface area contributed by atoms with E-state index in [0.29, 0.717) is 23.2 Å². The maximum absolute atomic E-state index is 12.6. The molecule has 4 aromatic rings. The molecule has 1 fully saturated rings. The highest BCUT2D eigenvalue weighted by molar-refractivity contribution is 5.92. The number of carbonyl (C=O) groups excluding carboxylic acids is 1. The second kappa shape index (κ2) is 9.60. The highest BCUT2D eigenvalue weighted by atomic mass is 16.1. The van der Waals surface area contributed by atoms with Gasteiger partial charge in [-0.1, -0.05) is 12.1 Å². The molecule has 3 N–H and O–H groups in total. The third kappa shape index (κ3) is 4.82. The van der Waals surface area contributed by atoms with Crippen molar-refractivity contribution in [1.82, 2.24) is 25.3 Å². The van der Waals surface area contributed by atoms with Crippen LogP contribution in [0, 0.1) is 11.3 Å². The normalized spacial score (nSPS) is 15.1. The molecule has 1 aliphatic heterocycles. The number of nitrogens with one attached hydrogen (secondary N) is 3. The van der Waals surface area contributed by atoms with Crippen molar-refractivity contribution in [1.29, 1.82) is 5.26 Å². The zero-order valence-electron chi connectivity index (χ0n) is 18.3.